The van der Waals surface area contributed by atoms with E-state index in [1.54, 1.807) is 0 Å². The van der Waals surface area contributed by atoms with Crippen LogP contribution in [0.25, 0.3) is 0 Å². The monoisotopic (exact) mass is 253 g/mol. The highest BCUT2D eigenvalue weighted by atomic mass is 15.3. The Kier molecular flexibility index (Phi) is 5.93. The van der Waals surface area contributed by atoms with Crippen LogP contribution in [0.5, 0.6) is 0 Å². The summed E-state index contributed by atoms with van der Waals surface area (Å²) in [6.45, 7) is 9.65. The molecule has 2 fully saturated rings. The van der Waals surface area contributed by atoms with Crippen LogP contribution in [0.3, 0.4) is 0 Å². The molecule has 3 nitrogen and oxygen atoms in total. The first-order chi connectivity index (χ1) is 8.79. The molecule has 2 aliphatic rings. The van der Waals surface area contributed by atoms with Crippen molar-refractivity contribution in [1.82, 2.24) is 9.80 Å². The van der Waals surface area contributed by atoms with Crippen LogP contribution < -0.4 is 5.73 Å². The largest absolute Gasteiger partial charge is 0.330 e. The second kappa shape index (κ2) is 7.46. The van der Waals surface area contributed by atoms with E-state index in [0.29, 0.717) is 0 Å². The van der Waals surface area contributed by atoms with Gasteiger partial charge in [0.25, 0.3) is 0 Å². The van der Waals surface area contributed by atoms with Crippen molar-refractivity contribution in [2.45, 2.75) is 51.5 Å². The predicted molar refractivity (Wildman–Crippen MR) is 77.7 cm³/mol. The third kappa shape index (κ3) is 4.22. The summed E-state index contributed by atoms with van der Waals surface area (Å²) in [5.74, 6) is 0.971. The van der Waals surface area contributed by atoms with Crippen LogP contribution in [0, 0.1) is 5.92 Å². The number of nitrogens with two attached hydrogens (primary N) is 1. The number of nitrogens with zero attached hydrogens (tertiary/aromatic N) is 2. The molecule has 0 aromatic heterocycles. The Morgan fingerprint density at radius 2 is 1.61 bits per heavy atom. The Balaban J connectivity index is 1.63. The number of piperazine rings is 1. The smallest absolute Gasteiger partial charge is 0.0113 e. The number of unbranched alkanes of at least 4 members (excludes halogenated alkanes) is 1. The predicted octanol–water partition coefficient (Wildman–Crippen LogP) is 1.92. The average molecular weight is 253 g/mol. The third-order valence-corrected chi connectivity index (χ3v) is 4.84. The fourth-order valence-corrected chi connectivity index (χ4v) is 3.44. The van der Waals surface area contributed by atoms with Crippen LogP contribution in [-0.2, 0) is 0 Å². The first-order valence-corrected chi connectivity index (χ1v) is 7.96. The van der Waals surface area contributed by atoms with E-state index < -0.39 is 0 Å². The topological polar surface area (TPSA) is 32.5 Å². The molecule has 0 radical (unpaired) electrons. The minimum absolute atomic E-state index is 0.847. The zero-order valence-electron chi connectivity index (χ0n) is 12.1. The van der Waals surface area contributed by atoms with Gasteiger partial charge in [-0.15, -0.1) is 0 Å². The van der Waals surface area contributed by atoms with Crippen molar-refractivity contribution in [3.8, 4) is 0 Å². The van der Waals surface area contributed by atoms with Crippen LogP contribution in [0.2, 0.25) is 0 Å². The van der Waals surface area contributed by atoms with Crippen molar-refractivity contribution >= 4 is 0 Å². The lowest BCUT2D eigenvalue weighted by Crippen LogP contribution is -2.51. The Labute approximate surface area is 113 Å². The average Bonchev–Trinajstić information content (AvgIpc) is 2.41. The van der Waals surface area contributed by atoms with Gasteiger partial charge in [-0.3, -0.25) is 4.90 Å². The molecule has 1 aliphatic heterocycles. The summed E-state index contributed by atoms with van der Waals surface area (Å²) in [7, 11) is 0. The van der Waals surface area contributed by atoms with Crippen molar-refractivity contribution in [2.75, 3.05) is 39.3 Å². The van der Waals surface area contributed by atoms with E-state index in [9.17, 15) is 0 Å². The van der Waals surface area contributed by atoms with Crippen LogP contribution >= 0.6 is 0 Å². The maximum absolute atomic E-state index is 5.55. The molecular weight excluding hydrogens is 222 g/mol. The van der Waals surface area contributed by atoms with E-state index in [-0.39, 0.29) is 0 Å². The van der Waals surface area contributed by atoms with Crippen LogP contribution in [0.1, 0.15) is 45.4 Å². The fourth-order valence-electron chi connectivity index (χ4n) is 3.44. The molecule has 18 heavy (non-hydrogen) atoms. The van der Waals surface area contributed by atoms with E-state index in [0.717, 1.165) is 18.5 Å². The van der Waals surface area contributed by atoms with Gasteiger partial charge in [0.05, 0.1) is 0 Å². The van der Waals surface area contributed by atoms with Gasteiger partial charge in [0.2, 0.25) is 0 Å². The van der Waals surface area contributed by atoms with Crippen molar-refractivity contribution in [3.63, 3.8) is 0 Å². The van der Waals surface area contributed by atoms with Gasteiger partial charge in [-0.05, 0) is 57.5 Å². The summed E-state index contributed by atoms with van der Waals surface area (Å²) < 4.78 is 0. The minimum atomic E-state index is 0.847. The Morgan fingerprint density at radius 1 is 0.944 bits per heavy atom. The molecule has 0 atom stereocenters. The molecule has 0 unspecified atom stereocenters. The van der Waals surface area contributed by atoms with E-state index in [1.165, 1.54) is 71.2 Å². The molecule has 1 saturated carbocycles. The number of hydrogen-bond donors (Lipinski definition) is 1. The Hall–Kier alpha value is -0.120. The van der Waals surface area contributed by atoms with E-state index in [4.69, 9.17) is 5.73 Å². The number of hydrogen-bond acceptors (Lipinski definition) is 3. The maximum atomic E-state index is 5.55. The van der Waals surface area contributed by atoms with Crippen molar-refractivity contribution in [3.05, 3.63) is 0 Å². The zero-order valence-corrected chi connectivity index (χ0v) is 12.1. The standard InChI is InChI=1S/C15H31N3/c1-14-4-6-15(7-5-14)18-12-10-17(11-13-18)9-3-2-8-16/h14-15H,2-13,16H2,1H3. The SMILES string of the molecule is CC1CCC(N2CCN(CCCCN)CC2)CC1. The summed E-state index contributed by atoms with van der Waals surface area (Å²) in [5.41, 5.74) is 5.55. The molecule has 0 aromatic rings. The van der Waals surface area contributed by atoms with E-state index in [2.05, 4.69) is 16.7 Å². The van der Waals surface area contributed by atoms with Gasteiger partial charge in [0.1, 0.15) is 0 Å². The summed E-state index contributed by atoms with van der Waals surface area (Å²) in [6, 6.07) is 0.896. The van der Waals surface area contributed by atoms with Crippen LogP contribution in [0.15, 0.2) is 0 Å². The number of rotatable bonds is 5. The summed E-state index contributed by atoms with van der Waals surface area (Å²) >= 11 is 0. The molecule has 0 bridgehead atoms. The van der Waals surface area contributed by atoms with Crippen molar-refractivity contribution in [2.24, 2.45) is 11.7 Å². The minimum Gasteiger partial charge on any atom is -0.330 e. The molecule has 1 heterocycles. The van der Waals surface area contributed by atoms with Gasteiger partial charge in [-0.1, -0.05) is 6.92 Å². The lowest BCUT2D eigenvalue weighted by Gasteiger charge is -2.41. The molecule has 0 aromatic carbocycles. The molecule has 106 valence electrons. The molecule has 2 N–H and O–H groups in total. The first kappa shape index (κ1) is 14.3. The molecule has 3 heteroatoms. The van der Waals surface area contributed by atoms with E-state index >= 15 is 0 Å². The lowest BCUT2D eigenvalue weighted by atomic mass is 9.86. The Morgan fingerprint density at radius 3 is 2.22 bits per heavy atom. The summed E-state index contributed by atoms with van der Waals surface area (Å²) in [5, 5.41) is 0. The van der Waals surface area contributed by atoms with Crippen LogP contribution in [0.4, 0.5) is 0 Å². The second-order valence-electron chi connectivity index (χ2n) is 6.29. The summed E-state index contributed by atoms with van der Waals surface area (Å²) in [4.78, 5) is 5.38. The van der Waals surface area contributed by atoms with Crippen molar-refractivity contribution < 1.29 is 0 Å². The molecule has 0 amide bonds. The van der Waals surface area contributed by atoms with Gasteiger partial charge in [-0.2, -0.15) is 0 Å². The van der Waals surface area contributed by atoms with Gasteiger partial charge < -0.3 is 10.6 Å². The summed E-state index contributed by atoms with van der Waals surface area (Å²) in [6.07, 6.45) is 8.23. The normalized spacial score (nSPS) is 31.7. The van der Waals surface area contributed by atoms with E-state index in [1.807, 2.05) is 0 Å². The highest BCUT2D eigenvalue weighted by Crippen LogP contribution is 2.27. The molecule has 1 aliphatic carbocycles. The molecule has 1 saturated heterocycles. The zero-order chi connectivity index (χ0) is 12.8. The van der Waals surface area contributed by atoms with Crippen LogP contribution in [-0.4, -0.2) is 55.1 Å². The molecule has 2 rings (SSSR count). The highest BCUT2D eigenvalue weighted by Gasteiger charge is 2.26. The quantitative estimate of drug-likeness (QED) is 0.760. The lowest BCUT2D eigenvalue weighted by molar-refractivity contribution is 0.0715. The first-order valence-electron chi connectivity index (χ1n) is 7.96. The second-order valence-corrected chi connectivity index (χ2v) is 6.29. The fraction of sp³-hybridized carbons (Fsp3) is 1.00. The van der Waals surface area contributed by atoms with Gasteiger partial charge in [-0.25, -0.2) is 0 Å². The Bertz CT molecular complexity index is 216. The highest BCUT2D eigenvalue weighted by molar-refractivity contribution is 4.82. The van der Waals surface area contributed by atoms with Gasteiger partial charge in [0, 0.05) is 32.2 Å². The molecule has 0 spiro atoms. The molecular formula is C15H31N3. The third-order valence-electron chi connectivity index (χ3n) is 4.84. The van der Waals surface area contributed by atoms with Gasteiger partial charge >= 0.3 is 0 Å². The van der Waals surface area contributed by atoms with Crippen molar-refractivity contribution in [1.29, 1.82) is 0 Å². The maximum Gasteiger partial charge on any atom is 0.0113 e. The van der Waals surface area contributed by atoms with Gasteiger partial charge in [0.15, 0.2) is 0 Å².